The van der Waals surface area contributed by atoms with E-state index in [1.54, 1.807) is 6.92 Å². The SMILES string of the molecule is CCOC(=O)[C@H]1CCCCN1C(=O)CCl. The Bertz CT molecular complexity index is 245. The Labute approximate surface area is 94.5 Å². The zero-order chi connectivity index (χ0) is 11.3. The Balaban J connectivity index is 2.65. The van der Waals surface area contributed by atoms with Gasteiger partial charge in [0.15, 0.2) is 0 Å². The second kappa shape index (κ2) is 5.95. The summed E-state index contributed by atoms with van der Waals surface area (Å²) in [5, 5.41) is 0. The summed E-state index contributed by atoms with van der Waals surface area (Å²) < 4.78 is 4.93. The standard InChI is InChI=1S/C10H16ClNO3/c1-2-15-10(14)8-5-3-4-6-12(8)9(13)7-11/h8H,2-7H2,1H3/t8-/m1/s1. The highest BCUT2D eigenvalue weighted by Gasteiger charge is 2.32. The highest BCUT2D eigenvalue weighted by Crippen LogP contribution is 2.18. The number of hydrogen-bond acceptors (Lipinski definition) is 3. The fraction of sp³-hybridized carbons (Fsp3) is 0.800. The first kappa shape index (κ1) is 12.3. The molecule has 5 heteroatoms. The molecule has 86 valence electrons. The van der Waals surface area contributed by atoms with E-state index >= 15 is 0 Å². The van der Waals surface area contributed by atoms with Gasteiger partial charge < -0.3 is 9.64 Å². The van der Waals surface area contributed by atoms with E-state index < -0.39 is 6.04 Å². The first-order valence-corrected chi connectivity index (χ1v) is 5.76. The van der Waals surface area contributed by atoms with Gasteiger partial charge in [-0.2, -0.15) is 0 Å². The van der Waals surface area contributed by atoms with Crippen LogP contribution in [-0.2, 0) is 14.3 Å². The third-order valence-corrected chi connectivity index (χ3v) is 2.72. The summed E-state index contributed by atoms with van der Waals surface area (Å²) in [6, 6.07) is -0.426. The fourth-order valence-corrected chi connectivity index (χ4v) is 1.94. The van der Waals surface area contributed by atoms with Crippen molar-refractivity contribution in [2.24, 2.45) is 0 Å². The molecule has 1 aliphatic rings. The largest absolute Gasteiger partial charge is 0.464 e. The predicted octanol–water partition coefficient (Wildman–Crippen LogP) is 1.17. The van der Waals surface area contributed by atoms with Crippen LogP contribution >= 0.6 is 11.6 Å². The van der Waals surface area contributed by atoms with E-state index in [-0.39, 0.29) is 17.8 Å². The van der Waals surface area contributed by atoms with Gasteiger partial charge in [-0.05, 0) is 26.2 Å². The molecule has 0 aliphatic carbocycles. The molecule has 1 fully saturated rings. The van der Waals surface area contributed by atoms with Crippen LogP contribution in [0, 0.1) is 0 Å². The summed E-state index contributed by atoms with van der Waals surface area (Å²) in [6.45, 7) is 2.71. The molecule has 0 N–H and O–H groups in total. The molecule has 0 spiro atoms. The maximum Gasteiger partial charge on any atom is 0.328 e. The maximum atomic E-state index is 11.6. The van der Waals surface area contributed by atoms with E-state index in [0.29, 0.717) is 19.6 Å². The second-order valence-corrected chi connectivity index (χ2v) is 3.75. The monoisotopic (exact) mass is 233 g/mol. The molecule has 0 radical (unpaired) electrons. The van der Waals surface area contributed by atoms with Gasteiger partial charge in [-0.15, -0.1) is 11.6 Å². The van der Waals surface area contributed by atoms with E-state index in [2.05, 4.69) is 0 Å². The number of amides is 1. The zero-order valence-corrected chi connectivity index (χ0v) is 9.63. The summed E-state index contributed by atoms with van der Waals surface area (Å²) in [6.07, 6.45) is 2.57. The van der Waals surface area contributed by atoms with Crippen molar-refractivity contribution in [2.75, 3.05) is 19.0 Å². The van der Waals surface area contributed by atoms with E-state index in [1.807, 2.05) is 0 Å². The van der Waals surface area contributed by atoms with E-state index in [4.69, 9.17) is 16.3 Å². The Hall–Kier alpha value is -0.770. The van der Waals surface area contributed by atoms with Crippen molar-refractivity contribution in [3.8, 4) is 0 Å². The third-order valence-electron chi connectivity index (χ3n) is 2.50. The Morgan fingerprint density at radius 3 is 2.80 bits per heavy atom. The van der Waals surface area contributed by atoms with Crippen LogP contribution in [-0.4, -0.2) is 41.8 Å². The van der Waals surface area contributed by atoms with Gasteiger partial charge in [0.2, 0.25) is 5.91 Å². The predicted molar refractivity (Wildman–Crippen MR) is 56.7 cm³/mol. The average Bonchev–Trinajstić information content (AvgIpc) is 2.28. The highest BCUT2D eigenvalue weighted by molar-refractivity contribution is 6.27. The van der Waals surface area contributed by atoms with Crippen LogP contribution in [0.2, 0.25) is 0 Å². The maximum absolute atomic E-state index is 11.6. The highest BCUT2D eigenvalue weighted by atomic mass is 35.5. The normalized spacial score (nSPS) is 21.2. The number of esters is 1. The van der Waals surface area contributed by atoms with Gasteiger partial charge in [-0.3, -0.25) is 4.79 Å². The number of carbonyl (C=O) groups is 2. The van der Waals surface area contributed by atoms with Crippen LogP contribution < -0.4 is 0 Å². The third kappa shape index (κ3) is 3.09. The van der Waals surface area contributed by atoms with Gasteiger partial charge in [0, 0.05) is 6.54 Å². The molecule has 0 bridgehead atoms. The van der Waals surface area contributed by atoms with Crippen molar-refractivity contribution >= 4 is 23.5 Å². The molecule has 4 nitrogen and oxygen atoms in total. The van der Waals surface area contributed by atoms with Gasteiger partial charge >= 0.3 is 5.97 Å². The number of hydrogen-bond donors (Lipinski definition) is 0. The minimum absolute atomic E-state index is 0.0735. The summed E-state index contributed by atoms with van der Waals surface area (Å²) in [4.78, 5) is 24.6. The lowest BCUT2D eigenvalue weighted by Gasteiger charge is -2.33. The van der Waals surface area contributed by atoms with Crippen LogP contribution in [0.25, 0.3) is 0 Å². The van der Waals surface area contributed by atoms with Crippen molar-refractivity contribution in [3.05, 3.63) is 0 Å². The minimum Gasteiger partial charge on any atom is -0.464 e. The van der Waals surface area contributed by atoms with Crippen LogP contribution in [0.15, 0.2) is 0 Å². The lowest BCUT2D eigenvalue weighted by molar-refractivity contribution is -0.155. The Morgan fingerprint density at radius 1 is 1.47 bits per heavy atom. The molecule has 1 atom stereocenters. The van der Waals surface area contributed by atoms with Gasteiger partial charge in [-0.1, -0.05) is 0 Å². The summed E-state index contributed by atoms with van der Waals surface area (Å²) in [5.41, 5.74) is 0. The van der Waals surface area contributed by atoms with Gasteiger partial charge in [0.25, 0.3) is 0 Å². The number of alkyl halides is 1. The first-order valence-electron chi connectivity index (χ1n) is 5.22. The van der Waals surface area contributed by atoms with Crippen LogP contribution in [0.5, 0.6) is 0 Å². The number of carbonyl (C=O) groups excluding carboxylic acids is 2. The van der Waals surface area contributed by atoms with Gasteiger partial charge in [0.05, 0.1) is 6.61 Å². The summed E-state index contributed by atoms with van der Waals surface area (Å²) in [7, 11) is 0. The molecule has 1 heterocycles. The molecular formula is C10H16ClNO3. The molecule has 0 aromatic carbocycles. The molecule has 0 unspecified atom stereocenters. The molecule has 0 aromatic heterocycles. The van der Waals surface area contributed by atoms with Crippen molar-refractivity contribution < 1.29 is 14.3 Å². The second-order valence-electron chi connectivity index (χ2n) is 3.48. The van der Waals surface area contributed by atoms with Crippen molar-refractivity contribution in [1.82, 2.24) is 4.90 Å². The lowest BCUT2D eigenvalue weighted by atomic mass is 10.0. The molecule has 0 saturated carbocycles. The summed E-state index contributed by atoms with van der Waals surface area (Å²) in [5.74, 6) is -0.569. The molecule has 1 amide bonds. The van der Waals surface area contributed by atoms with Crippen molar-refractivity contribution in [3.63, 3.8) is 0 Å². The van der Waals surface area contributed by atoms with E-state index in [0.717, 1.165) is 12.8 Å². The first-order chi connectivity index (χ1) is 7.20. The van der Waals surface area contributed by atoms with E-state index in [1.165, 1.54) is 4.90 Å². The smallest absolute Gasteiger partial charge is 0.328 e. The number of likely N-dealkylation sites (tertiary alicyclic amines) is 1. The number of piperidine rings is 1. The number of rotatable bonds is 3. The van der Waals surface area contributed by atoms with Gasteiger partial charge in [0.1, 0.15) is 11.9 Å². The Kier molecular flexibility index (Phi) is 4.88. The zero-order valence-electron chi connectivity index (χ0n) is 8.87. The number of halogens is 1. The number of ether oxygens (including phenoxy) is 1. The molecule has 1 rings (SSSR count). The molecular weight excluding hydrogens is 218 g/mol. The van der Waals surface area contributed by atoms with Crippen LogP contribution in [0.1, 0.15) is 26.2 Å². The molecule has 1 saturated heterocycles. The molecule has 1 aliphatic heterocycles. The average molecular weight is 234 g/mol. The van der Waals surface area contributed by atoms with E-state index in [9.17, 15) is 9.59 Å². The van der Waals surface area contributed by atoms with Crippen molar-refractivity contribution in [1.29, 1.82) is 0 Å². The molecule has 15 heavy (non-hydrogen) atoms. The topological polar surface area (TPSA) is 46.6 Å². The van der Waals surface area contributed by atoms with Crippen LogP contribution in [0.4, 0.5) is 0 Å². The van der Waals surface area contributed by atoms with Crippen LogP contribution in [0.3, 0.4) is 0 Å². The number of nitrogens with zero attached hydrogens (tertiary/aromatic N) is 1. The van der Waals surface area contributed by atoms with Crippen molar-refractivity contribution in [2.45, 2.75) is 32.2 Å². The molecule has 0 aromatic rings. The summed E-state index contributed by atoms with van der Waals surface area (Å²) >= 11 is 5.49. The van der Waals surface area contributed by atoms with Gasteiger partial charge in [-0.25, -0.2) is 4.79 Å². The minimum atomic E-state index is -0.426. The quantitative estimate of drug-likeness (QED) is 0.543. The fourth-order valence-electron chi connectivity index (χ4n) is 1.79. The Morgan fingerprint density at radius 2 is 2.20 bits per heavy atom. The lowest BCUT2D eigenvalue weighted by Crippen LogP contribution is -2.49.